The Bertz CT molecular complexity index is 849. The SMILES string of the molecule is Cc1nc(C)c(C(=O)Nc2ncnc3[nH]c(C)c(C)c23)s1. The second kappa shape index (κ2) is 4.92. The summed E-state index contributed by atoms with van der Waals surface area (Å²) in [4.78, 5) is 28.9. The molecule has 3 aromatic rings. The number of hydrogen-bond acceptors (Lipinski definition) is 5. The van der Waals surface area contributed by atoms with Crippen molar-refractivity contribution in [1.29, 1.82) is 0 Å². The third-order valence-electron chi connectivity index (χ3n) is 3.43. The summed E-state index contributed by atoms with van der Waals surface area (Å²) in [6, 6.07) is 0. The zero-order valence-electron chi connectivity index (χ0n) is 12.2. The molecule has 0 spiro atoms. The van der Waals surface area contributed by atoms with Crippen LogP contribution in [0.25, 0.3) is 11.0 Å². The molecule has 0 aliphatic heterocycles. The number of aryl methyl sites for hydroxylation is 4. The molecule has 0 unspecified atom stereocenters. The largest absolute Gasteiger partial charge is 0.343 e. The Balaban J connectivity index is 2.02. The van der Waals surface area contributed by atoms with Crippen LogP contribution in [0.3, 0.4) is 0 Å². The highest BCUT2D eigenvalue weighted by atomic mass is 32.1. The fraction of sp³-hybridized carbons (Fsp3) is 0.286. The Kier molecular flexibility index (Phi) is 3.21. The van der Waals surface area contributed by atoms with Crippen LogP contribution in [0.2, 0.25) is 0 Å². The van der Waals surface area contributed by atoms with Gasteiger partial charge in [0, 0.05) is 5.69 Å². The van der Waals surface area contributed by atoms with Crippen molar-refractivity contribution in [3.8, 4) is 0 Å². The van der Waals surface area contributed by atoms with Gasteiger partial charge in [0.05, 0.1) is 16.1 Å². The first-order valence-corrected chi connectivity index (χ1v) is 7.34. The average Bonchev–Trinajstić information content (AvgIpc) is 2.91. The number of fused-ring (bicyclic) bond motifs is 1. The summed E-state index contributed by atoms with van der Waals surface area (Å²) >= 11 is 1.38. The standard InChI is InChI=1S/C14H15N5OS/c1-6-7(2)18-12-10(6)13(16-5-15-12)19-14(20)11-8(3)17-9(4)21-11/h5H,1-4H3,(H2,15,16,18,19,20). The molecule has 3 heterocycles. The molecule has 2 N–H and O–H groups in total. The van der Waals surface area contributed by atoms with Gasteiger partial charge in [-0.15, -0.1) is 11.3 Å². The number of H-pyrrole nitrogens is 1. The Morgan fingerprint density at radius 3 is 2.67 bits per heavy atom. The van der Waals surface area contributed by atoms with Crippen molar-refractivity contribution in [2.75, 3.05) is 5.32 Å². The molecule has 0 saturated heterocycles. The highest BCUT2D eigenvalue weighted by Crippen LogP contribution is 2.26. The number of anilines is 1. The number of nitrogens with one attached hydrogen (secondary N) is 2. The number of aromatic amines is 1. The molecular formula is C14H15N5OS. The molecule has 6 nitrogen and oxygen atoms in total. The van der Waals surface area contributed by atoms with Gasteiger partial charge in [0.1, 0.15) is 22.7 Å². The molecule has 1 amide bonds. The maximum absolute atomic E-state index is 12.4. The lowest BCUT2D eigenvalue weighted by Crippen LogP contribution is -2.13. The first kappa shape index (κ1) is 13.7. The van der Waals surface area contributed by atoms with Gasteiger partial charge in [0.15, 0.2) is 0 Å². The molecule has 0 aliphatic carbocycles. The smallest absolute Gasteiger partial charge is 0.268 e. The number of thiazole rings is 1. The zero-order chi connectivity index (χ0) is 15.1. The van der Waals surface area contributed by atoms with E-state index in [1.807, 2.05) is 27.7 Å². The van der Waals surface area contributed by atoms with Crippen LogP contribution in [0.1, 0.15) is 31.6 Å². The predicted octanol–water partition coefficient (Wildman–Crippen LogP) is 2.90. The minimum atomic E-state index is -0.184. The zero-order valence-corrected chi connectivity index (χ0v) is 13.1. The van der Waals surface area contributed by atoms with Crippen molar-refractivity contribution in [2.45, 2.75) is 27.7 Å². The maximum Gasteiger partial charge on any atom is 0.268 e. The normalized spacial score (nSPS) is 11.0. The van der Waals surface area contributed by atoms with E-state index in [1.165, 1.54) is 17.7 Å². The van der Waals surface area contributed by atoms with E-state index in [-0.39, 0.29) is 5.91 Å². The summed E-state index contributed by atoms with van der Waals surface area (Å²) in [6.45, 7) is 7.67. The molecule has 3 rings (SSSR count). The number of rotatable bonds is 2. The van der Waals surface area contributed by atoms with Crippen molar-refractivity contribution in [1.82, 2.24) is 19.9 Å². The summed E-state index contributed by atoms with van der Waals surface area (Å²) < 4.78 is 0. The fourth-order valence-electron chi connectivity index (χ4n) is 2.30. The summed E-state index contributed by atoms with van der Waals surface area (Å²) in [5.74, 6) is 0.341. The van der Waals surface area contributed by atoms with E-state index in [1.54, 1.807) is 0 Å². The predicted molar refractivity (Wildman–Crippen MR) is 82.9 cm³/mol. The van der Waals surface area contributed by atoms with Gasteiger partial charge in [-0.3, -0.25) is 4.79 Å². The lowest BCUT2D eigenvalue weighted by molar-refractivity contribution is 0.102. The lowest BCUT2D eigenvalue weighted by atomic mass is 10.2. The fourth-order valence-corrected chi connectivity index (χ4v) is 3.11. The summed E-state index contributed by atoms with van der Waals surface area (Å²) in [5, 5.41) is 4.59. The molecular weight excluding hydrogens is 286 g/mol. The maximum atomic E-state index is 12.4. The van der Waals surface area contributed by atoms with Gasteiger partial charge in [-0.05, 0) is 33.3 Å². The van der Waals surface area contributed by atoms with Crippen LogP contribution >= 0.6 is 11.3 Å². The Morgan fingerprint density at radius 2 is 2.00 bits per heavy atom. The molecule has 3 aromatic heterocycles. The molecule has 0 fully saturated rings. The first-order valence-electron chi connectivity index (χ1n) is 6.52. The monoisotopic (exact) mass is 301 g/mol. The van der Waals surface area contributed by atoms with Gasteiger partial charge in [-0.2, -0.15) is 0 Å². The minimum absolute atomic E-state index is 0.184. The van der Waals surface area contributed by atoms with E-state index in [0.717, 1.165) is 33.0 Å². The summed E-state index contributed by atoms with van der Waals surface area (Å²) in [5.41, 5.74) is 3.53. The van der Waals surface area contributed by atoms with Gasteiger partial charge in [-0.1, -0.05) is 0 Å². The van der Waals surface area contributed by atoms with E-state index in [0.29, 0.717) is 10.7 Å². The highest BCUT2D eigenvalue weighted by Gasteiger charge is 2.17. The van der Waals surface area contributed by atoms with E-state index >= 15 is 0 Å². The van der Waals surface area contributed by atoms with Crippen LogP contribution in [0, 0.1) is 27.7 Å². The van der Waals surface area contributed by atoms with Gasteiger partial charge < -0.3 is 10.3 Å². The Morgan fingerprint density at radius 1 is 1.24 bits per heavy atom. The van der Waals surface area contributed by atoms with Crippen molar-refractivity contribution in [2.24, 2.45) is 0 Å². The van der Waals surface area contributed by atoms with Gasteiger partial charge in [0.25, 0.3) is 5.91 Å². The van der Waals surface area contributed by atoms with Crippen molar-refractivity contribution < 1.29 is 4.79 Å². The van der Waals surface area contributed by atoms with Crippen molar-refractivity contribution >= 4 is 34.1 Å². The number of hydrogen-bond donors (Lipinski definition) is 2. The molecule has 0 aromatic carbocycles. The quantitative estimate of drug-likeness (QED) is 0.762. The van der Waals surface area contributed by atoms with Crippen LogP contribution in [-0.4, -0.2) is 25.8 Å². The molecule has 0 aliphatic rings. The lowest BCUT2D eigenvalue weighted by Gasteiger charge is -2.05. The van der Waals surface area contributed by atoms with Gasteiger partial charge >= 0.3 is 0 Å². The van der Waals surface area contributed by atoms with Crippen LogP contribution in [-0.2, 0) is 0 Å². The van der Waals surface area contributed by atoms with Crippen LogP contribution in [0.5, 0.6) is 0 Å². The highest BCUT2D eigenvalue weighted by molar-refractivity contribution is 7.13. The molecule has 7 heteroatoms. The van der Waals surface area contributed by atoms with Crippen LogP contribution in [0.4, 0.5) is 5.82 Å². The van der Waals surface area contributed by atoms with E-state index in [4.69, 9.17) is 0 Å². The number of nitrogens with zero attached hydrogens (tertiary/aromatic N) is 3. The summed E-state index contributed by atoms with van der Waals surface area (Å²) in [7, 11) is 0. The van der Waals surface area contributed by atoms with Crippen LogP contribution in [0.15, 0.2) is 6.33 Å². The molecule has 108 valence electrons. The van der Waals surface area contributed by atoms with Crippen molar-refractivity contribution in [3.63, 3.8) is 0 Å². The van der Waals surface area contributed by atoms with E-state index in [2.05, 4.69) is 25.3 Å². The number of carbonyl (C=O) groups is 1. The molecule has 0 radical (unpaired) electrons. The van der Waals surface area contributed by atoms with Crippen LogP contribution < -0.4 is 5.32 Å². The van der Waals surface area contributed by atoms with Gasteiger partial charge in [0.2, 0.25) is 0 Å². The van der Waals surface area contributed by atoms with E-state index in [9.17, 15) is 4.79 Å². The third kappa shape index (κ3) is 2.29. The van der Waals surface area contributed by atoms with E-state index < -0.39 is 0 Å². The number of aromatic nitrogens is 4. The van der Waals surface area contributed by atoms with Crippen molar-refractivity contribution in [3.05, 3.63) is 33.2 Å². The second-order valence-corrected chi connectivity index (χ2v) is 6.13. The Labute approximate surface area is 125 Å². The minimum Gasteiger partial charge on any atom is -0.343 e. The number of carbonyl (C=O) groups excluding carboxylic acids is 1. The molecule has 0 atom stereocenters. The molecule has 0 saturated carbocycles. The molecule has 21 heavy (non-hydrogen) atoms. The Hall–Kier alpha value is -2.28. The second-order valence-electron chi connectivity index (χ2n) is 4.92. The van der Waals surface area contributed by atoms with Gasteiger partial charge in [-0.25, -0.2) is 15.0 Å². The number of amides is 1. The first-order chi connectivity index (χ1) is 9.97. The average molecular weight is 301 g/mol. The summed E-state index contributed by atoms with van der Waals surface area (Å²) in [6.07, 6.45) is 1.44. The molecule has 0 bridgehead atoms. The topological polar surface area (TPSA) is 83.6 Å². The third-order valence-corrected chi connectivity index (χ3v) is 4.50.